The second-order valence-corrected chi connectivity index (χ2v) is 7.78. The number of benzene rings is 1. The van der Waals surface area contributed by atoms with Crippen LogP contribution in [0.2, 0.25) is 0 Å². The van der Waals surface area contributed by atoms with Gasteiger partial charge in [-0.15, -0.1) is 0 Å². The number of rotatable bonds is 6. The maximum absolute atomic E-state index is 12.8. The summed E-state index contributed by atoms with van der Waals surface area (Å²) in [6.07, 6.45) is 8.71. The molecular weight excluding hydrogens is 401 g/mol. The molecule has 0 bridgehead atoms. The summed E-state index contributed by atoms with van der Waals surface area (Å²) < 4.78 is 0.944. The zero-order valence-electron chi connectivity index (χ0n) is 13.6. The van der Waals surface area contributed by atoms with Crippen LogP contribution < -0.4 is 0 Å². The van der Waals surface area contributed by atoms with E-state index < -0.39 is 0 Å². The highest BCUT2D eigenvalue weighted by Gasteiger charge is 2.40. The van der Waals surface area contributed by atoms with Crippen LogP contribution in [0.15, 0.2) is 30.3 Å². The summed E-state index contributed by atoms with van der Waals surface area (Å²) in [5, 5.41) is 1.69. The lowest BCUT2D eigenvalue weighted by Crippen LogP contribution is -2.35. The highest BCUT2D eigenvalue weighted by atomic mass is 127. The highest BCUT2D eigenvalue weighted by molar-refractivity contribution is 14.1. The molecule has 0 N–H and O–H groups in total. The van der Waals surface area contributed by atoms with E-state index in [1.165, 1.54) is 32.1 Å². The molecule has 1 aliphatic heterocycles. The van der Waals surface area contributed by atoms with Crippen molar-refractivity contribution in [3.8, 4) is 0 Å². The smallest absolute Gasteiger partial charge is 0.249 e. The molecular formula is C19H26INO2. The lowest BCUT2D eigenvalue weighted by Gasteiger charge is -2.24. The van der Waals surface area contributed by atoms with E-state index in [0.29, 0.717) is 6.61 Å². The predicted octanol–water partition coefficient (Wildman–Crippen LogP) is 4.74. The minimum Gasteiger partial charge on any atom is -0.272 e. The Labute approximate surface area is 152 Å². The Kier molecular flexibility index (Phi) is 6.34. The van der Waals surface area contributed by atoms with E-state index in [1.807, 2.05) is 30.3 Å². The molecule has 1 aromatic rings. The van der Waals surface area contributed by atoms with Crippen molar-refractivity contribution < 1.29 is 9.63 Å². The summed E-state index contributed by atoms with van der Waals surface area (Å²) in [5.74, 6) is 1.14. The van der Waals surface area contributed by atoms with Crippen LogP contribution in [0.5, 0.6) is 0 Å². The second-order valence-electron chi connectivity index (χ2n) is 6.90. The Balaban J connectivity index is 1.57. The molecule has 1 heterocycles. The molecule has 23 heavy (non-hydrogen) atoms. The van der Waals surface area contributed by atoms with Gasteiger partial charge in [-0.3, -0.25) is 9.63 Å². The number of carbonyl (C=O) groups excluding carboxylic acids is 1. The molecule has 2 fully saturated rings. The predicted molar refractivity (Wildman–Crippen MR) is 100 cm³/mol. The molecule has 2 atom stereocenters. The van der Waals surface area contributed by atoms with Gasteiger partial charge in [-0.05, 0) is 24.3 Å². The molecule has 3 rings (SSSR count). The fraction of sp³-hybridized carbons (Fsp3) is 0.632. The van der Waals surface area contributed by atoms with Crippen LogP contribution >= 0.6 is 22.6 Å². The molecule has 1 saturated carbocycles. The van der Waals surface area contributed by atoms with E-state index >= 15 is 0 Å². The Morgan fingerprint density at radius 3 is 2.57 bits per heavy atom. The average Bonchev–Trinajstić information content (AvgIpc) is 2.90. The first-order chi connectivity index (χ1) is 11.3. The molecule has 0 radical (unpaired) electrons. The molecule has 4 heteroatoms. The van der Waals surface area contributed by atoms with E-state index in [1.54, 1.807) is 5.06 Å². The van der Waals surface area contributed by atoms with Gasteiger partial charge < -0.3 is 0 Å². The Hall–Kier alpha value is -0.620. The minimum absolute atomic E-state index is 0.175. The van der Waals surface area contributed by atoms with Crippen LogP contribution in [-0.2, 0) is 16.2 Å². The van der Waals surface area contributed by atoms with Crippen molar-refractivity contribution in [1.29, 1.82) is 0 Å². The molecule has 0 unspecified atom stereocenters. The normalized spacial score (nSPS) is 26.0. The fourth-order valence-corrected chi connectivity index (χ4v) is 4.64. The van der Waals surface area contributed by atoms with Crippen molar-refractivity contribution >= 4 is 28.5 Å². The van der Waals surface area contributed by atoms with Crippen molar-refractivity contribution in [1.82, 2.24) is 5.06 Å². The number of amides is 1. The van der Waals surface area contributed by atoms with Crippen LogP contribution in [0.4, 0.5) is 0 Å². The summed E-state index contributed by atoms with van der Waals surface area (Å²) in [4.78, 5) is 18.7. The average molecular weight is 427 g/mol. The van der Waals surface area contributed by atoms with Gasteiger partial charge in [-0.1, -0.05) is 85.0 Å². The lowest BCUT2D eigenvalue weighted by molar-refractivity contribution is -0.193. The summed E-state index contributed by atoms with van der Waals surface area (Å²) >= 11 is 2.38. The van der Waals surface area contributed by atoms with Gasteiger partial charge in [-0.2, -0.15) is 0 Å². The Morgan fingerprint density at radius 1 is 1.13 bits per heavy atom. The molecule has 1 aliphatic carbocycles. The third kappa shape index (κ3) is 4.47. The topological polar surface area (TPSA) is 29.5 Å². The summed E-state index contributed by atoms with van der Waals surface area (Å²) in [7, 11) is 0. The van der Waals surface area contributed by atoms with Crippen LogP contribution in [-0.4, -0.2) is 21.4 Å². The van der Waals surface area contributed by atoms with E-state index in [4.69, 9.17) is 4.84 Å². The van der Waals surface area contributed by atoms with Crippen molar-refractivity contribution in [2.24, 2.45) is 11.8 Å². The van der Waals surface area contributed by atoms with Crippen molar-refractivity contribution in [2.75, 3.05) is 4.43 Å². The van der Waals surface area contributed by atoms with Gasteiger partial charge in [0.05, 0.1) is 6.04 Å². The quantitative estimate of drug-likeness (QED) is 0.485. The zero-order valence-corrected chi connectivity index (χ0v) is 15.8. The van der Waals surface area contributed by atoms with Crippen LogP contribution in [0.1, 0.15) is 50.5 Å². The van der Waals surface area contributed by atoms with Gasteiger partial charge in [0.25, 0.3) is 0 Å². The number of halogens is 1. The highest BCUT2D eigenvalue weighted by Crippen LogP contribution is 2.36. The monoisotopic (exact) mass is 427 g/mol. The number of carbonyl (C=O) groups is 1. The van der Waals surface area contributed by atoms with Crippen LogP contribution in [0.3, 0.4) is 0 Å². The molecule has 1 amide bonds. The SMILES string of the molecule is O=C1[C@@H](CC2CCCCC2)C[C@H](CI)N1OCc1ccccc1. The van der Waals surface area contributed by atoms with Crippen molar-refractivity contribution in [2.45, 2.75) is 57.6 Å². The number of hydrogen-bond acceptors (Lipinski definition) is 2. The van der Waals surface area contributed by atoms with Gasteiger partial charge in [0.2, 0.25) is 5.91 Å². The van der Waals surface area contributed by atoms with Crippen molar-refractivity contribution in [3.63, 3.8) is 0 Å². The first kappa shape index (κ1) is 17.2. The van der Waals surface area contributed by atoms with Crippen LogP contribution in [0, 0.1) is 11.8 Å². The summed E-state index contributed by atoms with van der Waals surface area (Å²) in [6, 6.07) is 10.3. The summed E-state index contributed by atoms with van der Waals surface area (Å²) in [6.45, 7) is 0.482. The van der Waals surface area contributed by atoms with Gasteiger partial charge in [-0.25, -0.2) is 5.06 Å². The molecule has 3 nitrogen and oxygen atoms in total. The third-order valence-electron chi connectivity index (χ3n) is 5.19. The number of alkyl halides is 1. The van der Waals surface area contributed by atoms with E-state index in [9.17, 15) is 4.79 Å². The molecule has 2 aliphatic rings. The number of nitrogens with zero attached hydrogens (tertiary/aromatic N) is 1. The molecule has 0 aromatic heterocycles. The maximum Gasteiger partial charge on any atom is 0.249 e. The van der Waals surface area contributed by atoms with Gasteiger partial charge in [0.15, 0.2) is 0 Å². The largest absolute Gasteiger partial charge is 0.272 e. The number of hydroxylamine groups is 2. The first-order valence-electron chi connectivity index (χ1n) is 8.84. The van der Waals surface area contributed by atoms with Gasteiger partial charge in [0.1, 0.15) is 6.61 Å². The minimum atomic E-state index is 0.175. The van der Waals surface area contributed by atoms with E-state index in [0.717, 1.165) is 28.8 Å². The lowest BCUT2D eigenvalue weighted by atomic mass is 9.82. The standard InChI is InChI=1S/C19H26INO2/c20-13-18-12-17(11-15-7-3-1-4-8-15)19(22)21(18)23-14-16-9-5-2-6-10-16/h2,5-6,9-10,15,17-18H,1,3-4,7-8,11-14H2/t17-,18+/m0/s1. The Bertz CT molecular complexity index is 501. The maximum atomic E-state index is 12.8. The summed E-state index contributed by atoms with van der Waals surface area (Å²) in [5.41, 5.74) is 1.11. The second kappa shape index (κ2) is 8.47. The van der Waals surface area contributed by atoms with Crippen molar-refractivity contribution in [3.05, 3.63) is 35.9 Å². The zero-order chi connectivity index (χ0) is 16.1. The molecule has 1 saturated heterocycles. The Morgan fingerprint density at radius 2 is 1.87 bits per heavy atom. The van der Waals surface area contributed by atoms with Gasteiger partial charge in [0, 0.05) is 10.3 Å². The third-order valence-corrected chi connectivity index (χ3v) is 6.21. The molecule has 126 valence electrons. The van der Waals surface area contributed by atoms with E-state index in [2.05, 4.69) is 22.6 Å². The fourth-order valence-electron chi connectivity index (χ4n) is 3.92. The molecule has 1 aromatic carbocycles. The molecule has 0 spiro atoms. The van der Waals surface area contributed by atoms with E-state index in [-0.39, 0.29) is 17.9 Å². The number of hydrogen-bond donors (Lipinski definition) is 0. The van der Waals surface area contributed by atoms with Gasteiger partial charge >= 0.3 is 0 Å². The first-order valence-corrected chi connectivity index (χ1v) is 10.4. The van der Waals surface area contributed by atoms with Crippen LogP contribution in [0.25, 0.3) is 0 Å².